The van der Waals surface area contributed by atoms with Crippen LogP contribution in [-0.4, -0.2) is 82.8 Å². The molecule has 1 saturated heterocycles. The second-order valence-corrected chi connectivity index (χ2v) is 10.3. The van der Waals surface area contributed by atoms with Crippen molar-refractivity contribution in [3.8, 4) is 11.3 Å². The minimum atomic E-state index is -4.56. The third-order valence-electron chi connectivity index (χ3n) is 7.06. The number of alkyl halides is 3. The number of aromatic nitrogens is 1. The van der Waals surface area contributed by atoms with E-state index in [-0.39, 0.29) is 19.5 Å². The summed E-state index contributed by atoms with van der Waals surface area (Å²) in [6.45, 7) is -0.170. The molecule has 0 aliphatic carbocycles. The molecule has 0 spiro atoms. The van der Waals surface area contributed by atoms with Gasteiger partial charge in [0.2, 0.25) is 11.8 Å². The molecule has 9 nitrogen and oxygen atoms in total. The van der Waals surface area contributed by atoms with E-state index in [4.69, 9.17) is 10.2 Å². The zero-order chi connectivity index (χ0) is 29.4. The van der Waals surface area contributed by atoms with E-state index in [1.54, 1.807) is 23.4 Å². The smallest absolute Gasteiger partial charge is 0.405 e. The lowest BCUT2D eigenvalue weighted by atomic mass is 9.92. The summed E-state index contributed by atoms with van der Waals surface area (Å²) in [5.74, 6) is -0.711. The normalized spacial score (nSPS) is 18.1. The van der Waals surface area contributed by atoms with Crippen molar-refractivity contribution in [2.45, 2.75) is 37.7 Å². The Labute approximate surface area is 236 Å². The number of nitrogens with one attached hydrogen (secondary N) is 1. The Morgan fingerprint density at radius 1 is 1.12 bits per heavy atom. The molecule has 3 aromatic rings. The number of furan rings is 1. The number of primary amides is 1. The molecule has 1 aliphatic heterocycles. The first-order valence-corrected chi connectivity index (χ1v) is 13.4. The summed E-state index contributed by atoms with van der Waals surface area (Å²) < 4.78 is 44.5. The third-order valence-corrected chi connectivity index (χ3v) is 7.06. The lowest BCUT2D eigenvalue weighted by molar-refractivity contribution is -0.143. The minimum Gasteiger partial charge on any atom is -0.460 e. The molecule has 2 amide bonds. The number of amides is 2. The van der Waals surface area contributed by atoms with Gasteiger partial charge in [-0.3, -0.25) is 24.4 Å². The van der Waals surface area contributed by atoms with Gasteiger partial charge >= 0.3 is 6.18 Å². The van der Waals surface area contributed by atoms with Crippen molar-refractivity contribution < 1.29 is 32.3 Å². The summed E-state index contributed by atoms with van der Waals surface area (Å²) in [5, 5.41) is 12.9. The van der Waals surface area contributed by atoms with E-state index in [9.17, 15) is 27.9 Å². The maximum Gasteiger partial charge on any atom is 0.405 e. The largest absolute Gasteiger partial charge is 0.460 e. The predicted molar refractivity (Wildman–Crippen MR) is 145 cm³/mol. The molecular weight excluding hydrogens is 539 g/mol. The Bertz CT molecular complexity index is 1270. The molecule has 220 valence electrons. The fourth-order valence-electron chi connectivity index (χ4n) is 5.01. The highest BCUT2D eigenvalue weighted by atomic mass is 19.4. The molecule has 1 aromatic carbocycles. The molecule has 0 radical (unpaired) electrons. The first kappa shape index (κ1) is 30.2. The first-order chi connectivity index (χ1) is 19.6. The number of aliphatic hydroxyl groups is 1. The fraction of sp³-hybridized carbons (Fsp3) is 0.414. The second kappa shape index (κ2) is 13.7. The molecule has 4 N–H and O–H groups in total. The average Bonchev–Trinajstić information content (AvgIpc) is 3.41. The molecule has 0 bridgehead atoms. The standard InChI is InChI=1S/C29H34F3N5O4/c30-29(31,32)19-35-28(40)25-18-36(17-24-8-9-26(41-24)21-7-4-10-34-15-21)11-12-37(25)16-23(38)14-22(27(33)39)13-20-5-2-1-3-6-20/h1-10,15,22-23,25,38H,11-14,16-19H2,(H2,33,39)(H,35,40)/t22?,23?,25-/m0/s1. The Balaban J connectivity index is 1.41. The topological polar surface area (TPSA) is 125 Å². The summed E-state index contributed by atoms with van der Waals surface area (Å²) in [7, 11) is 0. The molecule has 1 aliphatic rings. The van der Waals surface area contributed by atoms with Crippen molar-refractivity contribution in [3.05, 3.63) is 78.3 Å². The summed E-state index contributed by atoms with van der Waals surface area (Å²) in [4.78, 5) is 32.7. The van der Waals surface area contributed by atoms with Crippen LogP contribution in [0.25, 0.3) is 11.3 Å². The number of halogens is 3. The van der Waals surface area contributed by atoms with Crippen molar-refractivity contribution in [2.75, 3.05) is 32.7 Å². The van der Waals surface area contributed by atoms with E-state index >= 15 is 0 Å². The number of rotatable bonds is 12. The van der Waals surface area contributed by atoms with Gasteiger partial charge in [0.1, 0.15) is 24.1 Å². The van der Waals surface area contributed by atoms with Gasteiger partial charge in [-0.25, -0.2) is 0 Å². The Morgan fingerprint density at radius 2 is 1.90 bits per heavy atom. The Hall–Kier alpha value is -3.74. The van der Waals surface area contributed by atoms with Crippen LogP contribution in [0.2, 0.25) is 0 Å². The zero-order valence-electron chi connectivity index (χ0n) is 22.5. The van der Waals surface area contributed by atoms with Gasteiger partial charge in [-0.2, -0.15) is 13.2 Å². The van der Waals surface area contributed by atoms with Crippen molar-refractivity contribution in [3.63, 3.8) is 0 Å². The van der Waals surface area contributed by atoms with Gasteiger partial charge in [0, 0.05) is 50.1 Å². The maximum atomic E-state index is 12.9. The maximum absolute atomic E-state index is 12.9. The zero-order valence-corrected chi connectivity index (χ0v) is 22.5. The number of nitrogens with two attached hydrogens (primary N) is 1. The minimum absolute atomic E-state index is 0.00240. The number of β-amino-alcohol motifs (C(OH)–C–C–N with tert-alkyl or cyclic N) is 1. The quantitative estimate of drug-likeness (QED) is 0.304. The van der Waals surface area contributed by atoms with E-state index in [0.717, 1.165) is 11.1 Å². The molecule has 4 rings (SSSR count). The van der Waals surface area contributed by atoms with Crippen molar-refractivity contribution >= 4 is 11.8 Å². The monoisotopic (exact) mass is 573 g/mol. The molecule has 2 unspecified atom stereocenters. The van der Waals surface area contributed by atoms with Crippen LogP contribution in [0.5, 0.6) is 0 Å². The van der Waals surface area contributed by atoms with E-state index in [1.165, 1.54) is 0 Å². The lowest BCUT2D eigenvalue weighted by Gasteiger charge is -2.41. The van der Waals surface area contributed by atoms with Crippen LogP contribution in [0.4, 0.5) is 13.2 Å². The van der Waals surface area contributed by atoms with Crippen molar-refractivity contribution in [1.82, 2.24) is 20.1 Å². The first-order valence-electron chi connectivity index (χ1n) is 13.4. The van der Waals surface area contributed by atoms with Crippen LogP contribution in [0, 0.1) is 5.92 Å². The molecule has 3 heterocycles. The highest BCUT2D eigenvalue weighted by molar-refractivity contribution is 5.82. The lowest BCUT2D eigenvalue weighted by Crippen LogP contribution is -2.60. The van der Waals surface area contributed by atoms with Gasteiger partial charge < -0.3 is 20.6 Å². The van der Waals surface area contributed by atoms with Crippen LogP contribution in [-0.2, 0) is 22.6 Å². The SMILES string of the molecule is NC(=O)C(Cc1ccccc1)CC(O)CN1CCN(Cc2ccc(-c3cccnc3)o2)C[C@H]1C(=O)NCC(F)(F)F. The van der Waals surface area contributed by atoms with Gasteiger partial charge in [0.15, 0.2) is 0 Å². The summed E-state index contributed by atoms with van der Waals surface area (Å²) in [6.07, 6.45) is -1.84. The number of hydrogen-bond acceptors (Lipinski definition) is 7. The van der Waals surface area contributed by atoms with E-state index in [0.29, 0.717) is 37.6 Å². The Kier molecular flexibility index (Phi) is 10.1. The molecule has 3 atom stereocenters. The molecular formula is C29H34F3N5O4. The number of carbonyl (C=O) groups is 2. The molecule has 41 heavy (non-hydrogen) atoms. The number of piperazine rings is 1. The second-order valence-electron chi connectivity index (χ2n) is 10.3. The van der Waals surface area contributed by atoms with E-state index < -0.39 is 42.6 Å². The molecule has 12 heteroatoms. The van der Waals surface area contributed by atoms with Crippen molar-refractivity contribution in [2.24, 2.45) is 11.7 Å². The van der Waals surface area contributed by atoms with Gasteiger partial charge in [-0.05, 0) is 42.7 Å². The summed E-state index contributed by atoms with van der Waals surface area (Å²) in [5.41, 5.74) is 7.30. The van der Waals surface area contributed by atoms with Crippen LogP contribution < -0.4 is 11.1 Å². The number of hydrogen-bond donors (Lipinski definition) is 3. The number of pyridine rings is 1. The molecule has 2 aromatic heterocycles. The van der Waals surface area contributed by atoms with Gasteiger partial charge in [-0.15, -0.1) is 0 Å². The summed E-state index contributed by atoms with van der Waals surface area (Å²) in [6, 6.07) is 15.6. The molecule has 0 saturated carbocycles. The highest BCUT2D eigenvalue weighted by Gasteiger charge is 2.36. The van der Waals surface area contributed by atoms with Crippen LogP contribution in [0.3, 0.4) is 0 Å². The van der Waals surface area contributed by atoms with Gasteiger partial charge in [0.05, 0.1) is 12.6 Å². The van der Waals surface area contributed by atoms with Gasteiger partial charge in [0.25, 0.3) is 0 Å². The van der Waals surface area contributed by atoms with Crippen LogP contribution >= 0.6 is 0 Å². The third kappa shape index (κ3) is 9.13. The Morgan fingerprint density at radius 3 is 2.59 bits per heavy atom. The van der Waals surface area contributed by atoms with E-state index in [1.807, 2.05) is 58.7 Å². The number of carbonyl (C=O) groups excluding carboxylic acids is 2. The van der Waals surface area contributed by atoms with Crippen molar-refractivity contribution in [1.29, 1.82) is 0 Å². The highest BCUT2D eigenvalue weighted by Crippen LogP contribution is 2.24. The number of benzene rings is 1. The average molecular weight is 574 g/mol. The van der Waals surface area contributed by atoms with Gasteiger partial charge in [-0.1, -0.05) is 30.3 Å². The number of nitrogens with zero attached hydrogens (tertiary/aromatic N) is 3. The molecule has 1 fully saturated rings. The van der Waals surface area contributed by atoms with E-state index in [2.05, 4.69) is 4.98 Å². The predicted octanol–water partition coefficient (Wildman–Crippen LogP) is 2.60. The van der Waals surface area contributed by atoms with Crippen LogP contribution in [0.1, 0.15) is 17.7 Å². The number of aliphatic hydroxyl groups excluding tert-OH is 1. The fourth-order valence-corrected chi connectivity index (χ4v) is 5.01. The summed E-state index contributed by atoms with van der Waals surface area (Å²) >= 11 is 0. The van der Waals surface area contributed by atoms with Crippen LogP contribution in [0.15, 0.2) is 71.4 Å².